The summed E-state index contributed by atoms with van der Waals surface area (Å²) in [4.78, 5) is 31.0. The van der Waals surface area contributed by atoms with Crippen LogP contribution in [0.1, 0.15) is 26.4 Å². The number of carbonyl (C=O) groups is 2. The highest BCUT2D eigenvalue weighted by Crippen LogP contribution is 2.36. The number of aromatic nitrogens is 2. The lowest BCUT2D eigenvalue weighted by Crippen LogP contribution is -2.14. The number of hydrogen-bond donors (Lipinski definition) is 3. The van der Waals surface area contributed by atoms with Gasteiger partial charge in [-0.2, -0.15) is 13.2 Å². The van der Waals surface area contributed by atoms with E-state index in [9.17, 15) is 27.9 Å². The highest BCUT2D eigenvalue weighted by Gasteiger charge is 2.33. The molecule has 4 aromatic rings. The number of anilines is 2. The molecule has 2 heterocycles. The summed E-state index contributed by atoms with van der Waals surface area (Å²) < 4.78 is 44.8. The quantitative estimate of drug-likeness (QED) is 0.358. The first-order chi connectivity index (χ1) is 16.6. The van der Waals surface area contributed by atoms with E-state index in [1.807, 2.05) is 0 Å². The number of methoxy groups -OCH3 is 1. The van der Waals surface area contributed by atoms with Crippen LogP contribution in [0.2, 0.25) is 0 Å². The van der Waals surface area contributed by atoms with Crippen molar-refractivity contribution in [2.45, 2.75) is 6.18 Å². The maximum absolute atomic E-state index is 13.3. The maximum atomic E-state index is 13.3. The van der Waals surface area contributed by atoms with Gasteiger partial charge in [0.25, 0.3) is 5.91 Å². The largest absolute Gasteiger partial charge is 0.481 e. The highest BCUT2D eigenvalue weighted by atomic mass is 19.4. The van der Waals surface area contributed by atoms with E-state index in [0.717, 1.165) is 6.07 Å². The summed E-state index contributed by atoms with van der Waals surface area (Å²) in [6.45, 7) is 0. The Bertz CT molecular complexity index is 1470. The highest BCUT2D eigenvalue weighted by molar-refractivity contribution is 6.08. The third kappa shape index (κ3) is 4.83. The number of carboxylic acids is 1. The number of ether oxygens (including phenoxy) is 1. The lowest BCUT2D eigenvalue weighted by atomic mass is 10.0. The zero-order chi connectivity index (χ0) is 25.3. The van der Waals surface area contributed by atoms with Crippen molar-refractivity contribution in [2.24, 2.45) is 5.73 Å². The Hall–Kier alpha value is -4.67. The summed E-state index contributed by atoms with van der Waals surface area (Å²) >= 11 is 0. The van der Waals surface area contributed by atoms with Crippen LogP contribution >= 0.6 is 0 Å². The van der Waals surface area contributed by atoms with Crippen molar-refractivity contribution in [1.29, 1.82) is 0 Å². The van der Waals surface area contributed by atoms with Crippen molar-refractivity contribution in [3.05, 3.63) is 77.6 Å². The first-order valence-electron chi connectivity index (χ1n) is 10.0. The van der Waals surface area contributed by atoms with Crippen LogP contribution in [0, 0.1) is 0 Å². The first-order valence-corrected chi connectivity index (χ1v) is 10.0. The fraction of sp³-hybridized carbons (Fsp3) is 0.0833. The van der Waals surface area contributed by atoms with Crippen LogP contribution in [0.4, 0.5) is 24.5 Å². The smallest absolute Gasteiger partial charge is 0.433 e. The van der Waals surface area contributed by atoms with E-state index in [-0.39, 0.29) is 28.3 Å². The number of halogens is 3. The van der Waals surface area contributed by atoms with Gasteiger partial charge in [0.1, 0.15) is 5.69 Å². The third-order valence-electron chi connectivity index (χ3n) is 5.15. The molecule has 0 saturated heterocycles. The molecule has 4 rings (SSSR count). The van der Waals surface area contributed by atoms with E-state index in [4.69, 9.17) is 10.5 Å². The number of nitrogens with zero attached hydrogens (tertiary/aromatic N) is 2. The van der Waals surface area contributed by atoms with Crippen LogP contribution in [-0.4, -0.2) is 34.1 Å². The number of pyridine rings is 2. The number of fused-ring (bicyclic) bond motifs is 1. The van der Waals surface area contributed by atoms with Crippen LogP contribution in [-0.2, 0) is 6.18 Å². The lowest BCUT2D eigenvalue weighted by molar-refractivity contribution is -0.141. The van der Waals surface area contributed by atoms with E-state index in [2.05, 4.69) is 15.3 Å². The maximum Gasteiger partial charge on any atom is 0.433 e. The van der Waals surface area contributed by atoms with E-state index in [1.165, 1.54) is 37.6 Å². The van der Waals surface area contributed by atoms with E-state index in [0.29, 0.717) is 22.2 Å². The molecule has 35 heavy (non-hydrogen) atoms. The second kappa shape index (κ2) is 8.93. The summed E-state index contributed by atoms with van der Waals surface area (Å²) in [6.07, 6.45) is -3.43. The fourth-order valence-electron chi connectivity index (χ4n) is 3.49. The van der Waals surface area contributed by atoms with Gasteiger partial charge in [-0.3, -0.25) is 9.78 Å². The third-order valence-corrected chi connectivity index (χ3v) is 5.15. The number of carboxylic acid groups (broad SMARTS) is 1. The molecule has 0 atom stereocenters. The number of benzene rings is 2. The second-order valence-electron chi connectivity index (χ2n) is 7.44. The normalized spacial score (nSPS) is 11.3. The SMILES string of the molecule is COc1cc(-c2ccc3c(Nc4cccc(C(=O)O)c4)c(C(N)=O)cnc3c2)cc(C(F)(F)F)n1. The monoisotopic (exact) mass is 482 g/mol. The molecule has 0 bridgehead atoms. The summed E-state index contributed by atoms with van der Waals surface area (Å²) in [5.41, 5.74) is 6.11. The van der Waals surface area contributed by atoms with Gasteiger partial charge in [-0.25, -0.2) is 9.78 Å². The van der Waals surface area contributed by atoms with Gasteiger partial charge in [0.15, 0.2) is 0 Å². The van der Waals surface area contributed by atoms with Crippen molar-refractivity contribution < 1.29 is 32.6 Å². The molecule has 0 saturated carbocycles. The van der Waals surface area contributed by atoms with Gasteiger partial charge in [0.2, 0.25) is 5.88 Å². The van der Waals surface area contributed by atoms with Gasteiger partial charge in [-0.1, -0.05) is 18.2 Å². The molecule has 2 aromatic carbocycles. The zero-order valence-electron chi connectivity index (χ0n) is 18.1. The minimum atomic E-state index is -4.67. The fourth-order valence-corrected chi connectivity index (χ4v) is 3.49. The topological polar surface area (TPSA) is 127 Å². The molecule has 0 fully saturated rings. The number of primary amides is 1. The van der Waals surface area contributed by atoms with Crippen LogP contribution < -0.4 is 15.8 Å². The number of nitrogens with one attached hydrogen (secondary N) is 1. The molecule has 0 aliphatic carbocycles. The molecule has 0 radical (unpaired) electrons. The number of amides is 1. The molecule has 11 heteroatoms. The molecular formula is C24H17F3N4O4. The summed E-state index contributed by atoms with van der Waals surface area (Å²) in [6, 6.07) is 12.9. The van der Waals surface area contributed by atoms with E-state index in [1.54, 1.807) is 24.3 Å². The average molecular weight is 482 g/mol. The molecule has 8 nitrogen and oxygen atoms in total. The van der Waals surface area contributed by atoms with Crippen molar-refractivity contribution in [2.75, 3.05) is 12.4 Å². The number of hydrogen-bond acceptors (Lipinski definition) is 6. The summed E-state index contributed by atoms with van der Waals surface area (Å²) in [5.74, 6) is -2.10. The molecule has 0 spiro atoms. The van der Waals surface area contributed by atoms with E-state index >= 15 is 0 Å². The minimum absolute atomic E-state index is 0.0309. The predicted molar refractivity (Wildman–Crippen MR) is 122 cm³/mol. The van der Waals surface area contributed by atoms with Gasteiger partial charge >= 0.3 is 12.1 Å². The molecule has 4 N–H and O–H groups in total. The van der Waals surface area contributed by atoms with Crippen molar-refractivity contribution in [1.82, 2.24) is 9.97 Å². The number of rotatable bonds is 6. The lowest BCUT2D eigenvalue weighted by Gasteiger charge is -2.15. The Morgan fingerprint density at radius 1 is 1.06 bits per heavy atom. The van der Waals surface area contributed by atoms with Crippen molar-refractivity contribution >= 4 is 34.2 Å². The van der Waals surface area contributed by atoms with Gasteiger partial charge in [-0.15, -0.1) is 0 Å². The molecular weight excluding hydrogens is 465 g/mol. The Labute approximate surface area is 196 Å². The second-order valence-corrected chi connectivity index (χ2v) is 7.44. The number of nitrogens with two attached hydrogens (primary N) is 1. The minimum Gasteiger partial charge on any atom is -0.481 e. The molecule has 0 aliphatic heterocycles. The number of carbonyl (C=O) groups excluding carboxylic acids is 1. The molecule has 0 unspecified atom stereocenters. The Balaban J connectivity index is 1.85. The van der Waals surface area contributed by atoms with Crippen LogP contribution in [0.3, 0.4) is 0 Å². The summed E-state index contributed by atoms with van der Waals surface area (Å²) in [7, 11) is 1.22. The van der Waals surface area contributed by atoms with Gasteiger partial charge in [-0.05, 0) is 41.5 Å². The molecule has 2 aromatic heterocycles. The Morgan fingerprint density at radius 2 is 1.83 bits per heavy atom. The van der Waals surface area contributed by atoms with Crippen LogP contribution in [0.5, 0.6) is 5.88 Å². The number of aromatic carboxylic acids is 1. The van der Waals surface area contributed by atoms with Crippen LogP contribution in [0.15, 0.2) is 60.8 Å². The molecule has 1 amide bonds. The molecule has 178 valence electrons. The zero-order valence-corrected chi connectivity index (χ0v) is 18.1. The van der Waals surface area contributed by atoms with Gasteiger partial charge in [0.05, 0.1) is 29.4 Å². The first kappa shape index (κ1) is 23.5. The van der Waals surface area contributed by atoms with Crippen molar-refractivity contribution in [3.8, 4) is 17.0 Å². The van der Waals surface area contributed by atoms with Crippen molar-refractivity contribution in [3.63, 3.8) is 0 Å². The average Bonchev–Trinajstić information content (AvgIpc) is 2.83. The standard InChI is InChI=1S/C24H17F3N4O4/c1-35-20-10-14(9-19(31-20)24(25,26)27)12-5-6-16-18(8-12)29-11-17(22(28)32)21(16)30-15-4-2-3-13(7-15)23(33)34/h2-11H,1H3,(H2,28,32)(H,29,30)(H,33,34). The Morgan fingerprint density at radius 3 is 2.49 bits per heavy atom. The van der Waals surface area contributed by atoms with Crippen LogP contribution in [0.25, 0.3) is 22.0 Å². The number of alkyl halides is 3. The molecule has 0 aliphatic rings. The van der Waals surface area contributed by atoms with Gasteiger partial charge < -0.3 is 20.9 Å². The van der Waals surface area contributed by atoms with Gasteiger partial charge in [0, 0.05) is 23.3 Å². The Kier molecular flexibility index (Phi) is 6.00. The predicted octanol–water partition coefficient (Wildman–Crippen LogP) is 4.86. The summed E-state index contributed by atoms with van der Waals surface area (Å²) in [5, 5.41) is 12.7. The van der Waals surface area contributed by atoms with E-state index < -0.39 is 23.7 Å².